The summed E-state index contributed by atoms with van der Waals surface area (Å²) >= 11 is 1.75. The van der Waals surface area contributed by atoms with Gasteiger partial charge in [0.15, 0.2) is 0 Å². The van der Waals surface area contributed by atoms with Crippen LogP contribution in [0.1, 0.15) is 25.7 Å². The molecule has 0 aromatic carbocycles. The molecule has 0 heterocycles. The largest absolute Gasteiger partial charge is 0.396 e. The van der Waals surface area contributed by atoms with Gasteiger partial charge in [-0.15, -0.1) is 0 Å². The third kappa shape index (κ3) is 3.33. The minimum absolute atomic E-state index is 0.0788. The van der Waals surface area contributed by atoms with Gasteiger partial charge in [0.2, 0.25) is 0 Å². The van der Waals surface area contributed by atoms with E-state index >= 15 is 0 Å². The Kier molecular flexibility index (Phi) is 5.04. The van der Waals surface area contributed by atoms with E-state index in [1.54, 1.807) is 11.8 Å². The Balaban J connectivity index is 2.11. The fourth-order valence-corrected chi connectivity index (χ4v) is 2.67. The van der Waals surface area contributed by atoms with Crippen molar-refractivity contribution in [1.29, 1.82) is 0 Å². The van der Waals surface area contributed by atoms with Gasteiger partial charge in [0.1, 0.15) is 0 Å². The predicted octanol–water partition coefficient (Wildman–Crippen LogP) is 1.26. The second-order valence-corrected chi connectivity index (χ2v) is 4.56. The van der Waals surface area contributed by atoms with Gasteiger partial charge in [-0.3, -0.25) is 0 Å². The SMILES string of the molecule is OCCSCC1CCCCC1O. The van der Waals surface area contributed by atoms with E-state index in [0.29, 0.717) is 5.92 Å². The maximum atomic E-state index is 9.59. The van der Waals surface area contributed by atoms with Gasteiger partial charge in [-0.25, -0.2) is 0 Å². The van der Waals surface area contributed by atoms with Crippen molar-refractivity contribution in [2.24, 2.45) is 5.92 Å². The summed E-state index contributed by atoms with van der Waals surface area (Å²) < 4.78 is 0. The first kappa shape index (κ1) is 10.4. The second-order valence-electron chi connectivity index (χ2n) is 3.41. The molecule has 0 aromatic rings. The summed E-state index contributed by atoms with van der Waals surface area (Å²) in [5, 5.41) is 18.2. The number of hydrogen-bond acceptors (Lipinski definition) is 3. The van der Waals surface area contributed by atoms with Gasteiger partial charge in [0.25, 0.3) is 0 Å². The highest BCUT2D eigenvalue weighted by atomic mass is 32.2. The summed E-state index contributed by atoms with van der Waals surface area (Å²) in [4.78, 5) is 0. The first-order valence-corrected chi connectivity index (χ1v) is 5.86. The molecule has 1 aliphatic carbocycles. The van der Waals surface area contributed by atoms with Gasteiger partial charge in [-0.05, 0) is 24.5 Å². The van der Waals surface area contributed by atoms with E-state index < -0.39 is 0 Å². The highest BCUT2D eigenvalue weighted by Gasteiger charge is 2.22. The molecule has 2 nitrogen and oxygen atoms in total. The van der Waals surface area contributed by atoms with Crippen LogP contribution in [0.15, 0.2) is 0 Å². The molecule has 0 radical (unpaired) electrons. The number of aliphatic hydroxyl groups is 2. The van der Waals surface area contributed by atoms with Crippen molar-refractivity contribution >= 4 is 11.8 Å². The zero-order valence-corrected chi connectivity index (χ0v) is 8.22. The van der Waals surface area contributed by atoms with Crippen molar-refractivity contribution in [3.05, 3.63) is 0 Å². The first-order valence-electron chi connectivity index (χ1n) is 4.71. The maximum Gasteiger partial charge on any atom is 0.0576 e. The molecule has 0 bridgehead atoms. The van der Waals surface area contributed by atoms with Crippen LogP contribution in [0.2, 0.25) is 0 Å². The molecule has 1 fully saturated rings. The molecule has 0 aliphatic heterocycles. The molecule has 12 heavy (non-hydrogen) atoms. The van der Waals surface area contributed by atoms with Gasteiger partial charge in [0, 0.05) is 5.75 Å². The van der Waals surface area contributed by atoms with Crippen LogP contribution in [0.4, 0.5) is 0 Å². The van der Waals surface area contributed by atoms with Gasteiger partial charge in [-0.2, -0.15) is 11.8 Å². The zero-order valence-electron chi connectivity index (χ0n) is 7.41. The van der Waals surface area contributed by atoms with E-state index in [0.717, 1.165) is 17.9 Å². The van der Waals surface area contributed by atoms with E-state index in [2.05, 4.69) is 0 Å². The summed E-state index contributed by atoms with van der Waals surface area (Å²) in [6.07, 6.45) is 4.51. The third-order valence-corrected chi connectivity index (χ3v) is 3.57. The number of hydrogen-bond donors (Lipinski definition) is 2. The van der Waals surface area contributed by atoms with Crippen LogP contribution in [-0.2, 0) is 0 Å². The summed E-state index contributed by atoms with van der Waals surface area (Å²) in [7, 11) is 0. The molecule has 72 valence electrons. The summed E-state index contributed by atoms with van der Waals surface area (Å²) in [5.41, 5.74) is 0. The van der Waals surface area contributed by atoms with Crippen molar-refractivity contribution in [1.82, 2.24) is 0 Å². The smallest absolute Gasteiger partial charge is 0.0576 e. The average Bonchev–Trinajstić information content (AvgIpc) is 2.09. The molecule has 1 aliphatic rings. The van der Waals surface area contributed by atoms with E-state index in [9.17, 15) is 5.11 Å². The average molecular weight is 190 g/mol. The van der Waals surface area contributed by atoms with Gasteiger partial charge >= 0.3 is 0 Å². The molecule has 0 saturated heterocycles. The van der Waals surface area contributed by atoms with Crippen LogP contribution in [0, 0.1) is 5.92 Å². The fourth-order valence-electron chi connectivity index (χ4n) is 1.68. The van der Waals surface area contributed by atoms with Crippen molar-refractivity contribution in [2.45, 2.75) is 31.8 Å². The molecule has 1 saturated carbocycles. The number of rotatable bonds is 4. The molecule has 2 atom stereocenters. The molecule has 0 aromatic heterocycles. The van der Waals surface area contributed by atoms with E-state index in [4.69, 9.17) is 5.11 Å². The van der Waals surface area contributed by atoms with Gasteiger partial charge in [0.05, 0.1) is 12.7 Å². The summed E-state index contributed by atoms with van der Waals surface area (Å²) in [6, 6.07) is 0. The Labute approximate surface area is 78.4 Å². The fraction of sp³-hybridized carbons (Fsp3) is 1.00. The Morgan fingerprint density at radius 3 is 2.67 bits per heavy atom. The van der Waals surface area contributed by atoms with Crippen molar-refractivity contribution in [3.63, 3.8) is 0 Å². The van der Waals surface area contributed by atoms with Crippen LogP contribution in [-0.4, -0.2) is 34.4 Å². The standard InChI is InChI=1S/C9H18O2S/c10-5-6-12-7-8-3-1-2-4-9(8)11/h8-11H,1-7H2. The second kappa shape index (κ2) is 5.84. The lowest BCUT2D eigenvalue weighted by Crippen LogP contribution is -2.26. The molecule has 2 unspecified atom stereocenters. The van der Waals surface area contributed by atoms with Crippen LogP contribution >= 0.6 is 11.8 Å². The maximum absolute atomic E-state index is 9.59. The monoisotopic (exact) mass is 190 g/mol. The molecule has 2 N–H and O–H groups in total. The topological polar surface area (TPSA) is 40.5 Å². The summed E-state index contributed by atoms with van der Waals surface area (Å²) in [6.45, 7) is 0.257. The normalized spacial score (nSPS) is 30.5. The molecule has 0 amide bonds. The van der Waals surface area contributed by atoms with Gasteiger partial charge < -0.3 is 10.2 Å². The van der Waals surface area contributed by atoms with Crippen LogP contribution < -0.4 is 0 Å². The van der Waals surface area contributed by atoms with Crippen LogP contribution in [0.25, 0.3) is 0 Å². The van der Waals surface area contributed by atoms with Crippen molar-refractivity contribution < 1.29 is 10.2 Å². The number of thioether (sulfide) groups is 1. The lowest BCUT2D eigenvalue weighted by Gasteiger charge is -2.26. The highest BCUT2D eigenvalue weighted by Crippen LogP contribution is 2.27. The molecule has 0 spiro atoms. The first-order chi connectivity index (χ1) is 5.84. The van der Waals surface area contributed by atoms with Crippen molar-refractivity contribution in [2.75, 3.05) is 18.1 Å². The molecule has 3 heteroatoms. The minimum Gasteiger partial charge on any atom is -0.396 e. The lowest BCUT2D eigenvalue weighted by molar-refractivity contribution is 0.0816. The zero-order chi connectivity index (χ0) is 8.81. The van der Waals surface area contributed by atoms with Crippen molar-refractivity contribution in [3.8, 4) is 0 Å². The summed E-state index contributed by atoms with van der Waals surface area (Å²) in [5.74, 6) is 2.31. The minimum atomic E-state index is -0.0788. The Hall–Kier alpha value is 0.270. The van der Waals surface area contributed by atoms with E-state index in [1.807, 2.05) is 0 Å². The van der Waals surface area contributed by atoms with E-state index in [-0.39, 0.29) is 12.7 Å². The predicted molar refractivity (Wildman–Crippen MR) is 52.4 cm³/mol. The lowest BCUT2D eigenvalue weighted by atomic mass is 9.88. The molecule has 1 rings (SSSR count). The van der Waals surface area contributed by atoms with E-state index in [1.165, 1.54) is 19.3 Å². The van der Waals surface area contributed by atoms with Crippen LogP contribution in [0.3, 0.4) is 0 Å². The number of aliphatic hydroxyl groups excluding tert-OH is 2. The molecular weight excluding hydrogens is 172 g/mol. The quantitative estimate of drug-likeness (QED) is 0.656. The Bertz CT molecular complexity index is 119. The third-order valence-electron chi connectivity index (χ3n) is 2.44. The molecular formula is C9H18O2S. The van der Waals surface area contributed by atoms with Gasteiger partial charge in [-0.1, -0.05) is 12.8 Å². The van der Waals surface area contributed by atoms with Crippen LogP contribution in [0.5, 0.6) is 0 Å². The Morgan fingerprint density at radius 1 is 1.25 bits per heavy atom. The Morgan fingerprint density at radius 2 is 2.00 bits per heavy atom. The highest BCUT2D eigenvalue weighted by molar-refractivity contribution is 7.99.